The summed E-state index contributed by atoms with van der Waals surface area (Å²) in [5.74, 6) is 2.36. The van der Waals surface area contributed by atoms with Crippen LogP contribution < -0.4 is 14.8 Å². The molecule has 0 saturated carbocycles. The molecule has 1 unspecified atom stereocenters. The van der Waals surface area contributed by atoms with E-state index < -0.39 is 0 Å². The Labute approximate surface area is 128 Å². The summed E-state index contributed by atoms with van der Waals surface area (Å²) in [6.45, 7) is 8.89. The molecule has 1 heterocycles. The number of nitrogens with one attached hydrogen (secondary N) is 1. The minimum Gasteiger partial charge on any atom is -0.497 e. The largest absolute Gasteiger partial charge is 0.497 e. The molecule has 118 valence electrons. The molecule has 1 aromatic carbocycles. The number of ether oxygens (including phenoxy) is 2. The fourth-order valence-corrected chi connectivity index (χ4v) is 3.11. The Kier molecular flexibility index (Phi) is 5.88. The van der Waals surface area contributed by atoms with Gasteiger partial charge >= 0.3 is 0 Å². The zero-order valence-electron chi connectivity index (χ0n) is 13.7. The van der Waals surface area contributed by atoms with Gasteiger partial charge in [-0.05, 0) is 12.0 Å². The Hall–Kier alpha value is -1.26. The van der Waals surface area contributed by atoms with Crippen LogP contribution in [0.5, 0.6) is 11.5 Å². The van der Waals surface area contributed by atoms with Crippen molar-refractivity contribution in [2.75, 3.05) is 40.4 Å². The molecule has 1 aliphatic heterocycles. The second-order valence-electron chi connectivity index (χ2n) is 5.72. The molecule has 0 amide bonds. The molecule has 1 aliphatic rings. The number of rotatable bonds is 6. The monoisotopic (exact) mass is 292 g/mol. The molecule has 1 saturated heterocycles. The average molecular weight is 292 g/mol. The number of methoxy groups -OCH3 is 2. The maximum absolute atomic E-state index is 5.63. The van der Waals surface area contributed by atoms with Gasteiger partial charge in [0.15, 0.2) is 0 Å². The highest BCUT2D eigenvalue weighted by atomic mass is 16.5. The molecule has 21 heavy (non-hydrogen) atoms. The molecular formula is C17H28N2O2. The van der Waals surface area contributed by atoms with E-state index in [0.29, 0.717) is 12.0 Å². The minimum absolute atomic E-state index is 0.401. The van der Waals surface area contributed by atoms with Gasteiger partial charge in [-0.3, -0.25) is 4.90 Å². The van der Waals surface area contributed by atoms with E-state index in [1.807, 2.05) is 12.1 Å². The Morgan fingerprint density at radius 3 is 2.48 bits per heavy atom. The van der Waals surface area contributed by atoms with E-state index in [1.165, 1.54) is 5.56 Å². The Morgan fingerprint density at radius 2 is 1.90 bits per heavy atom. The molecule has 0 spiro atoms. The maximum Gasteiger partial charge on any atom is 0.127 e. The van der Waals surface area contributed by atoms with E-state index in [1.54, 1.807) is 14.2 Å². The van der Waals surface area contributed by atoms with Gasteiger partial charge < -0.3 is 14.8 Å². The second kappa shape index (κ2) is 7.66. The summed E-state index contributed by atoms with van der Waals surface area (Å²) in [6, 6.07) is 6.59. The summed E-state index contributed by atoms with van der Waals surface area (Å²) in [4.78, 5) is 2.58. The van der Waals surface area contributed by atoms with Crippen LogP contribution >= 0.6 is 0 Å². The van der Waals surface area contributed by atoms with Crippen molar-refractivity contribution in [2.45, 2.75) is 26.3 Å². The Bertz CT molecular complexity index is 444. The van der Waals surface area contributed by atoms with Crippen molar-refractivity contribution >= 4 is 0 Å². The number of benzene rings is 1. The van der Waals surface area contributed by atoms with Crippen molar-refractivity contribution in [1.29, 1.82) is 0 Å². The van der Waals surface area contributed by atoms with Crippen LogP contribution in [0.3, 0.4) is 0 Å². The molecule has 2 rings (SSSR count). The number of hydrogen-bond donors (Lipinski definition) is 1. The molecule has 1 N–H and O–H groups in total. The number of hydrogen-bond acceptors (Lipinski definition) is 4. The lowest BCUT2D eigenvalue weighted by molar-refractivity contribution is 0.126. The first-order valence-corrected chi connectivity index (χ1v) is 7.88. The van der Waals surface area contributed by atoms with Crippen molar-refractivity contribution in [3.63, 3.8) is 0 Å². The fraction of sp³-hybridized carbons (Fsp3) is 0.647. The first-order valence-electron chi connectivity index (χ1n) is 7.88. The summed E-state index contributed by atoms with van der Waals surface area (Å²) in [7, 11) is 3.43. The van der Waals surface area contributed by atoms with Crippen LogP contribution in [0.15, 0.2) is 18.2 Å². The van der Waals surface area contributed by atoms with Crippen LogP contribution in [0.1, 0.15) is 31.9 Å². The van der Waals surface area contributed by atoms with Gasteiger partial charge in [0.25, 0.3) is 0 Å². The summed E-state index contributed by atoms with van der Waals surface area (Å²) < 4.78 is 11.0. The van der Waals surface area contributed by atoms with E-state index in [0.717, 1.165) is 44.1 Å². The zero-order valence-corrected chi connectivity index (χ0v) is 13.7. The van der Waals surface area contributed by atoms with E-state index in [9.17, 15) is 0 Å². The van der Waals surface area contributed by atoms with E-state index in [4.69, 9.17) is 9.47 Å². The van der Waals surface area contributed by atoms with E-state index in [-0.39, 0.29) is 0 Å². The molecule has 1 fully saturated rings. The van der Waals surface area contributed by atoms with Crippen LogP contribution in [0.25, 0.3) is 0 Å². The summed E-state index contributed by atoms with van der Waals surface area (Å²) in [6.07, 6.45) is 1.16. The second-order valence-corrected chi connectivity index (χ2v) is 5.72. The Morgan fingerprint density at radius 1 is 1.19 bits per heavy atom. The van der Waals surface area contributed by atoms with Crippen LogP contribution in [0.2, 0.25) is 0 Å². The van der Waals surface area contributed by atoms with Crippen molar-refractivity contribution in [2.24, 2.45) is 5.92 Å². The van der Waals surface area contributed by atoms with Gasteiger partial charge in [0, 0.05) is 43.9 Å². The SMILES string of the molecule is CCC(C)[C@@H](c1ccc(OC)cc1OC)N1CCNCC1. The number of piperazine rings is 1. The highest BCUT2D eigenvalue weighted by Gasteiger charge is 2.28. The molecule has 0 bridgehead atoms. The van der Waals surface area contributed by atoms with Crippen LogP contribution in [-0.4, -0.2) is 45.3 Å². The highest BCUT2D eigenvalue weighted by molar-refractivity contribution is 5.42. The predicted molar refractivity (Wildman–Crippen MR) is 86.2 cm³/mol. The number of nitrogens with zero attached hydrogens (tertiary/aromatic N) is 1. The molecule has 1 aromatic rings. The first-order chi connectivity index (χ1) is 10.2. The van der Waals surface area contributed by atoms with Crippen molar-refractivity contribution in [1.82, 2.24) is 10.2 Å². The van der Waals surface area contributed by atoms with Crippen molar-refractivity contribution in [3.05, 3.63) is 23.8 Å². The Balaban J connectivity index is 2.35. The first kappa shape index (κ1) is 16.1. The third-order valence-electron chi connectivity index (χ3n) is 4.49. The van der Waals surface area contributed by atoms with Crippen LogP contribution in [-0.2, 0) is 0 Å². The molecular weight excluding hydrogens is 264 g/mol. The zero-order chi connectivity index (χ0) is 15.2. The summed E-state index contributed by atoms with van der Waals surface area (Å²) >= 11 is 0. The maximum atomic E-state index is 5.63. The van der Waals surface area contributed by atoms with Crippen LogP contribution in [0.4, 0.5) is 0 Å². The van der Waals surface area contributed by atoms with E-state index in [2.05, 4.69) is 30.1 Å². The fourth-order valence-electron chi connectivity index (χ4n) is 3.11. The third-order valence-corrected chi connectivity index (χ3v) is 4.49. The lowest BCUT2D eigenvalue weighted by atomic mass is 9.90. The van der Waals surface area contributed by atoms with Gasteiger partial charge in [0.1, 0.15) is 11.5 Å². The van der Waals surface area contributed by atoms with Gasteiger partial charge in [-0.25, -0.2) is 0 Å². The van der Waals surface area contributed by atoms with Gasteiger partial charge in [-0.1, -0.05) is 26.3 Å². The van der Waals surface area contributed by atoms with Gasteiger partial charge in [-0.15, -0.1) is 0 Å². The molecule has 4 nitrogen and oxygen atoms in total. The van der Waals surface area contributed by atoms with Crippen LogP contribution in [0, 0.1) is 5.92 Å². The smallest absolute Gasteiger partial charge is 0.127 e. The van der Waals surface area contributed by atoms with Crippen molar-refractivity contribution < 1.29 is 9.47 Å². The normalized spacial score (nSPS) is 19.0. The molecule has 2 atom stereocenters. The summed E-state index contributed by atoms with van der Waals surface area (Å²) in [5.41, 5.74) is 1.27. The topological polar surface area (TPSA) is 33.7 Å². The lowest BCUT2D eigenvalue weighted by Crippen LogP contribution is -2.46. The predicted octanol–water partition coefficient (Wildman–Crippen LogP) is 2.70. The van der Waals surface area contributed by atoms with Gasteiger partial charge in [0.2, 0.25) is 0 Å². The summed E-state index contributed by atoms with van der Waals surface area (Å²) in [5, 5.41) is 3.43. The standard InChI is InChI=1S/C17H28N2O2/c1-5-13(2)17(19-10-8-18-9-11-19)15-7-6-14(20-3)12-16(15)21-4/h6-7,12-13,17-18H,5,8-11H2,1-4H3/t13?,17-/m0/s1. The van der Waals surface area contributed by atoms with Gasteiger partial charge in [-0.2, -0.15) is 0 Å². The molecule has 0 aromatic heterocycles. The highest BCUT2D eigenvalue weighted by Crippen LogP contribution is 2.38. The van der Waals surface area contributed by atoms with E-state index >= 15 is 0 Å². The van der Waals surface area contributed by atoms with Crippen molar-refractivity contribution in [3.8, 4) is 11.5 Å². The average Bonchev–Trinajstić information content (AvgIpc) is 2.56. The minimum atomic E-state index is 0.401. The van der Waals surface area contributed by atoms with Gasteiger partial charge in [0.05, 0.1) is 14.2 Å². The quantitative estimate of drug-likeness (QED) is 0.874. The molecule has 0 radical (unpaired) electrons. The lowest BCUT2D eigenvalue weighted by Gasteiger charge is -2.39. The molecule has 0 aliphatic carbocycles. The molecule has 4 heteroatoms. The third kappa shape index (κ3) is 3.69.